The van der Waals surface area contributed by atoms with Crippen molar-refractivity contribution in [2.24, 2.45) is 17.3 Å². The van der Waals surface area contributed by atoms with E-state index in [1.807, 2.05) is 32.2 Å². The molecule has 2 aliphatic heterocycles. The van der Waals surface area contributed by atoms with E-state index in [2.05, 4.69) is 11.9 Å². The van der Waals surface area contributed by atoms with Gasteiger partial charge in [0.05, 0.1) is 46.5 Å². The third-order valence-corrected chi connectivity index (χ3v) is 9.63. The molecule has 0 unspecified atom stereocenters. The lowest BCUT2D eigenvalue weighted by Crippen LogP contribution is -2.53. The lowest BCUT2D eigenvalue weighted by atomic mass is 9.58. The summed E-state index contributed by atoms with van der Waals surface area (Å²) in [6.45, 7) is 9.70. The van der Waals surface area contributed by atoms with Gasteiger partial charge in [-0.2, -0.15) is 0 Å². The van der Waals surface area contributed by atoms with Gasteiger partial charge in [-0.15, -0.1) is 11.3 Å². The number of esters is 1. The summed E-state index contributed by atoms with van der Waals surface area (Å²) in [5, 5.41) is 25.0. The fourth-order valence-electron chi connectivity index (χ4n) is 6.01. The molecule has 3 heterocycles. The van der Waals surface area contributed by atoms with Crippen LogP contribution in [0.1, 0.15) is 89.8 Å². The van der Waals surface area contributed by atoms with Gasteiger partial charge in [-0.05, 0) is 64.0 Å². The number of hydrogen-bond donors (Lipinski definition) is 2. The van der Waals surface area contributed by atoms with Crippen LogP contribution < -0.4 is 0 Å². The first-order chi connectivity index (χ1) is 16.9. The van der Waals surface area contributed by atoms with Gasteiger partial charge >= 0.3 is 5.97 Å². The maximum absolute atomic E-state index is 13.5. The van der Waals surface area contributed by atoms with Crippen LogP contribution in [-0.2, 0) is 19.1 Å². The van der Waals surface area contributed by atoms with Gasteiger partial charge in [-0.25, -0.2) is 4.98 Å². The number of aromatic nitrogens is 1. The second kappa shape index (κ2) is 10.6. The zero-order valence-corrected chi connectivity index (χ0v) is 23.0. The smallest absolute Gasteiger partial charge is 0.309 e. The average Bonchev–Trinajstić information content (AvgIpc) is 3.22. The summed E-state index contributed by atoms with van der Waals surface area (Å²) in [5.74, 6) is -1.30. The molecule has 1 aromatic heterocycles. The lowest BCUT2D eigenvalue weighted by Gasteiger charge is -2.46. The van der Waals surface area contributed by atoms with Crippen LogP contribution in [0.15, 0.2) is 11.0 Å². The van der Waals surface area contributed by atoms with Crippen LogP contribution in [0, 0.1) is 24.2 Å². The summed E-state index contributed by atoms with van der Waals surface area (Å²) in [7, 11) is 0. The number of nitrogens with zero attached hydrogens (tertiary/aromatic N) is 1. The molecule has 1 aromatic rings. The van der Waals surface area contributed by atoms with Crippen molar-refractivity contribution in [2.45, 2.75) is 116 Å². The number of fused-ring (bicyclic) bond motifs is 1. The van der Waals surface area contributed by atoms with E-state index in [0.29, 0.717) is 19.3 Å². The summed E-state index contributed by atoms with van der Waals surface area (Å²) >= 11 is 1.57. The standard InChI is InChI=1S/C28H41NO6S/c1-16-8-6-9-27(5)23(35-27)13-21(17(2)12-20-15-36-19(4)29-20)34-24(31)14-22(30)28(10-7-11-28)26(33)18(3)25(16)32/h12,15-16,18,21-23,25,30,32H,6-11,13-14H2,1-5H3/t16-,18+,21-,22-,23+,25-,27+/m0/s1. The molecule has 7 nitrogen and oxygen atoms in total. The minimum absolute atomic E-state index is 0.0349. The van der Waals surface area contributed by atoms with Crippen molar-refractivity contribution in [3.05, 3.63) is 21.7 Å². The molecular weight excluding hydrogens is 478 g/mol. The van der Waals surface area contributed by atoms with Crippen molar-refractivity contribution in [3.63, 3.8) is 0 Å². The van der Waals surface area contributed by atoms with E-state index < -0.39 is 35.6 Å². The Morgan fingerprint density at radius 2 is 1.92 bits per heavy atom. The molecule has 3 aliphatic rings. The van der Waals surface area contributed by atoms with E-state index >= 15 is 0 Å². The SMILES string of the molecule is CC(=Cc1csc(C)n1)[C@@H]1C[C@H]2O[C@]2(C)CCC[C@H](C)[C@H](O)[C@@H](C)C(=O)C2(CCC2)[C@@H](O)CC(=O)O1. The number of ketones is 1. The predicted octanol–water partition coefficient (Wildman–Crippen LogP) is 4.62. The minimum atomic E-state index is -1.13. The van der Waals surface area contributed by atoms with E-state index in [0.717, 1.165) is 42.0 Å². The van der Waals surface area contributed by atoms with Crippen molar-refractivity contribution >= 4 is 29.2 Å². The number of cyclic esters (lactones) is 1. The van der Waals surface area contributed by atoms with Crippen molar-refractivity contribution in [1.82, 2.24) is 4.98 Å². The van der Waals surface area contributed by atoms with Crippen LogP contribution in [0.4, 0.5) is 0 Å². The van der Waals surface area contributed by atoms with Gasteiger partial charge in [-0.3, -0.25) is 9.59 Å². The molecule has 0 bridgehead atoms. The Hall–Kier alpha value is -1.61. The monoisotopic (exact) mass is 519 g/mol. The maximum Gasteiger partial charge on any atom is 0.309 e. The highest BCUT2D eigenvalue weighted by Crippen LogP contribution is 2.49. The third-order valence-electron chi connectivity index (χ3n) is 8.83. The molecular formula is C28H41NO6S. The summed E-state index contributed by atoms with van der Waals surface area (Å²) in [5.41, 5.74) is 0.438. The second-order valence-electron chi connectivity index (χ2n) is 11.6. The number of thiazole rings is 1. The van der Waals surface area contributed by atoms with Crippen LogP contribution in [0.3, 0.4) is 0 Å². The molecule has 200 valence electrons. The molecule has 0 radical (unpaired) electrons. The molecule has 3 fully saturated rings. The summed E-state index contributed by atoms with van der Waals surface area (Å²) in [4.78, 5) is 31.1. The topological polar surface area (TPSA) is 109 Å². The first-order valence-corrected chi connectivity index (χ1v) is 14.2. The average molecular weight is 520 g/mol. The van der Waals surface area contributed by atoms with Crippen molar-refractivity contribution < 1.29 is 29.3 Å². The van der Waals surface area contributed by atoms with Crippen LogP contribution in [-0.4, -0.2) is 57.0 Å². The molecule has 8 heteroatoms. The second-order valence-corrected chi connectivity index (χ2v) is 12.6. The number of hydrogen-bond acceptors (Lipinski definition) is 8. The van der Waals surface area contributed by atoms with Gasteiger partial charge in [0, 0.05) is 17.7 Å². The number of aliphatic hydroxyl groups is 2. The number of epoxide rings is 1. The number of Topliss-reactive ketones (excluding diaryl/α,β-unsaturated/α-hetero) is 1. The summed E-state index contributed by atoms with van der Waals surface area (Å²) in [6, 6.07) is 0. The highest BCUT2D eigenvalue weighted by atomic mass is 32.1. The first kappa shape index (κ1) is 27.4. The van der Waals surface area contributed by atoms with E-state index in [-0.39, 0.29) is 29.8 Å². The van der Waals surface area contributed by atoms with E-state index in [4.69, 9.17) is 9.47 Å². The van der Waals surface area contributed by atoms with E-state index in [1.54, 1.807) is 18.3 Å². The molecule has 1 aliphatic carbocycles. The Bertz CT molecular complexity index is 1000. The number of aryl methyl sites for hydroxylation is 1. The Labute approximate surface area is 218 Å². The molecule has 0 amide bonds. The molecule has 1 spiro atoms. The Balaban J connectivity index is 1.58. The van der Waals surface area contributed by atoms with Gasteiger partial charge in [0.1, 0.15) is 11.9 Å². The Morgan fingerprint density at radius 1 is 1.19 bits per heavy atom. The quantitative estimate of drug-likeness (QED) is 0.433. The van der Waals surface area contributed by atoms with Crippen LogP contribution >= 0.6 is 11.3 Å². The van der Waals surface area contributed by atoms with Crippen LogP contribution in [0.2, 0.25) is 0 Å². The Kier molecular flexibility index (Phi) is 8.10. The first-order valence-electron chi connectivity index (χ1n) is 13.3. The fourth-order valence-corrected chi connectivity index (χ4v) is 6.58. The predicted molar refractivity (Wildman–Crippen MR) is 138 cm³/mol. The molecule has 0 aromatic carbocycles. The van der Waals surface area contributed by atoms with Crippen LogP contribution in [0.25, 0.3) is 6.08 Å². The van der Waals surface area contributed by atoms with E-state index in [9.17, 15) is 19.8 Å². The zero-order valence-electron chi connectivity index (χ0n) is 22.2. The molecule has 1 saturated carbocycles. The zero-order chi connectivity index (χ0) is 26.3. The van der Waals surface area contributed by atoms with Gasteiger partial charge in [0.15, 0.2) is 0 Å². The maximum atomic E-state index is 13.5. The largest absolute Gasteiger partial charge is 0.458 e. The van der Waals surface area contributed by atoms with Crippen molar-refractivity contribution in [1.29, 1.82) is 0 Å². The highest BCUT2D eigenvalue weighted by molar-refractivity contribution is 7.09. The number of ether oxygens (including phenoxy) is 2. The molecule has 36 heavy (non-hydrogen) atoms. The molecule has 4 rings (SSSR count). The summed E-state index contributed by atoms with van der Waals surface area (Å²) in [6.07, 6.45) is 4.18. The number of carbonyl (C=O) groups excluding carboxylic acids is 2. The highest BCUT2D eigenvalue weighted by Gasteiger charge is 2.54. The number of aliphatic hydroxyl groups excluding tert-OH is 2. The van der Waals surface area contributed by atoms with Crippen LogP contribution in [0.5, 0.6) is 0 Å². The lowest BCUT2D eigenvalue weighted by molar-refractivity contribution is -0.161. The van der Waals surface area contributed by atoms with Crippen molar-refractivity contribution in [2.75, 3.05) is 0 Å². The molecule has 2 saturated heterocycles. The number of rotatable bonds is 2. The third kappa shape index (κ3) is 5.62. The molecule has 7 atom stereocenters. The van der Waals surface area contributed by atoms with Gasteiger partial charge in [0.25, 0.3) is 0 Å². The molecule has 2 N–H and O–H groups in total. The summed E-state index contributed by atoms with van der Waals surface area (Å²) < 4.78 is 12.0. The number of carbonyl (C=O) groups is 2. The van der Waals surface area contributed by atoms with Crippen molar-refractivity contribution in [3.8, 4) is 0 Å². The van der Waals surface area contributed by atoms with Gasteiger partial charge < -0.3 is 19.7 Å². The minimum Gasteiger partial charge on any atom is -0.458 e. The Morgan fingerprint density at radius 3 is 2.53 bits per heavy atom. The fraction of sp³-hybridized carbons (Fsp3) is 0.750. The van der Waals surface area contributed by atoms with Gasteiger partial charge in [0.2, 0.25) is 0 Å². The van der Waals surface area contributed by atoms with E-state index in [1.165, 1.54) is 0 Å². The van der Waals surface area contributed by atoms with Gasteiger partial charge in [-0.1, -0.05) is 26.7 Å². The normalized spacial score (nSPS) is 38.2.